The zero-order valence-electron chi connectivity index (χ0n) is 36.7. The molecule has 0 N–H and O–H groups in total. The molecular weight excluding hydrogens is 725 g/mol. The van der Waals surface area contributed by atoms with E-state index < -0.39 is 32.5 Å². The topological polar surface area (TPSA) is 111 Å². The van der Waals surface area contributed by atoms with E-state index in [9.17, 15) is 19.0 Å². The Hall–Kier alpha value is -1.77. The molecule has 0 aliphatic heterocycles. The van der Waals surface area contributed by atoms with Gasteiger partial charge in [-0.15, -0.1) is 6.58 Å². The van der Waals surface area contributed by atoms with E-state index in [2.05, 4.69) is 37.8 Å². The highest BCUT2D eigenvalue weighted by Gasteiger charge is 2.21. The number of carbonyl (C=O) groups excluding carboxylic acids is 2. The van der Waals surface area contributed by atoms with E-state index in [1.54, 1.807) is 0 Å². The summed E-state index contributed by atoms with van der Waals surface area (Å²) in [6, 6.07) is 0. The highest BCUT2D eigenvalue weighted by atomic mass is 31.2. The fraction of sp³-hybridized carbons (Fsp3) is 0.826. The van der Waals surface area contributed by atoms with Crippen molar-refractivity contribution in [1.29, 1.82) is 0 Å². The van der Waals surface area contributed by atoms with Gasteiger partial charge in [-0.3, -0.25) is 14.2 Å². The lowest BCUT2D eigenvalue weighted by molar-refractivity contribution is -0.870. The summed E-state index contributed by atoms with van der Waals surface area (Å²) in [5.74, 6) is -0.887. The number of allylic oxidation sites excluding steroid dienone is 5. The summed E-state index contributed by atoms with van der Waals surface area (Å²) in [6.07, 6.45) is 42.1. The third-order valence-electron chi connectivity index (χ3n) is 9.78. The van der Waals surface area contributed by atoms with Crippen LogP contribution in [0.25, 0.3) is 0 Å². The summed E-state index contributed by atoms with van der Waals surface area (Å²) in [5.41, 5.74) is 0. The lowest BCUT2D eigenvalue weighted by atomic mass is 10.0. The molecule has 0 amide bonds. The van der Waals surface area contributed by atoms with Crippen molar-refractivity contribution in [2.45, 2.75) is 199 Å². The van der Waals surface area contributed by atoms with Crippen LogP contribution in [-0.4, -0.2) is 70.0 Å². The number of ether oxygens (including phenoxy) is 2. The average Bonchev–Trinajstić information content (AvgIpc) is 3.15. The van der Waals surface area contributed by atoms with E-state index in [-0.39, 0.29) is 26.1 Å². The van der Waals surface area contributed by atoms with Gasteiger partial charge in [-0.2, -0.15) is 0 Å². The van der Waals surface area contributed by atoms with Gasteiger partial charge in [0.25, 0.3) is 7.82 Å². The summed E-state index contributed by atoms with van der Waals surface area (Å²) in [5, 5.41) is 0. The van der Waals surface area contributed by atoms with Gasteiger partial charge in [0.1, 0.15) is 19.8 Å². The number of carbonyl (C=O) groups is 2. The van der Waals surface area contributed by atoms with E-state index in [4.69, 9.17) is 18.5 Å². The number of unbranched alkanes of at least 4 members (excludes halogenated alkanes) is 23. The van der Waals surface area contributed by atoms with E-state index in [1.807, 2.05) is 27.2 Å². The van der Waals surface area contributed by atoms with Gasteiger partial charge in [-0.1, -0.05) is 159 Å². The largest absolute Gasteiger partial charge is 0.756 e. The summed E-state index contributed by atoms with van der Waals surface area (Å²) in [4.78, 5) is 37.5. The Morgan fingerprint density at radius 1 is 0.607 bits per heavy atom. The number of quaternary nitrogens is 1. The van der Waals surface area contributed by atoms with Crippen LogP contribution in [-0.2, 0) is 32.7 Å². The van der Waals surface area contributed by atoms with Gasteiger partial charge >= 0.3 is 11.9 Å². The predicted octanol–water partition coefficient (Wildman–Crippen LogP) is 12.3. The Labute approximate surface area is 344 Å². The molecular formula is C46H86NO8P. The van der Waals surface area contributed by atoms with Crippen molar-refractivity contribution in [3.63, 3.8) is 0 Å². The van der Waals surface area contributed by atoms with Crippen LogP contribution in [0, 0.1) is 0 Å². The standard InChI is InChI=1S/C46H86NO8P/c1-6-8-10-12-14-16-18-20-22-23-25-27-29-31-33-35-37-39-46(49)55-44(43-54-56(50,51)53-41-40-47(3,4)5)42-52-45(48)38-36-34-32-30-28-26-24-21-19-17-15-13-11-9-7-2/h7,25,27,31,33,44H,2,6,8-24,26,28-30,32,34-43H2,1,3-5H3/b27-25+,33-31+/t44-/m1/s1. The molecule has 0 saturated heterocycles. The number of phosphoric acid groups is 1. The van der Waals surface area contributed by atoms with Gasteiger partial charge in [0.2, 0.25) is 0 Å². The number of hydrogen-bond acceptors (Lipinski definition) is 8. The summed E-state index contributed by atoms with van der Waals surface area (Å²) in [7, 11) is 1.14. The molecule has 0 aromatic heterocycles. The highest BCUT2D eigenvalue weighted by molar-refractivity contribution is 7.45. The van der Waals surface area contributed by atoms with Crippen LogP contribution < -0.4 is 4.89 Å². The van der Waals surface area contributed by atoms with Crippen molar-refractivity contribution in [1.82, 2.24) is 0 Å². The number of phosphoric ester groups is 1. The summed E-state index contributed by atoms with van der Waals surface area (Å²) < 4.78 is 33.9. The minimum Gasteiger partial charge on any atom is -0.756 e. The first-order chi connectivity index (χ1) is 27.0. The van der Waals surface area contributed by atoms with E-state index >= 15 is 0 Å². The maximum absolute atomic E-state index is 12.7. The molecule has 328 valence electrons. The van der Waals surface area contributed by atoms with Crippen molar-refractivity contribution in [2.24, 2.45) is 0 Å². The second kappa shape index (κ2) is 38.7. The number of rotatable bonds is 42. The molecule has 0 spiro atoms. The maximum atomic E-state index is 12.7. The van der Waals surface area contributed by atoms with Gasteiger partial charge < -0.3 is 27.9 Å². The number of esters is 2. The van der Waals surface area contributed by atoms with Gasteiger partial charge in [-0.25, -0.2) is 0 Å². The predicted molar refractivity (Wildman–Crippen MR) is 231 cm³/mol. The third kappa shape index (κ3) is 41.9. The second-order valence-corrected chi connectivity index (χ2v) is 17.9. The zero-order chi connectivity index (χ0) is 41.4. The molecule has 0 heterocycles. The summed E-state index contributed by atoms with van der Waals surface area (Å²) in [6.45, 7) is 5.71. The van der Waals surface area contributed by atoms with Crippen molar-refractivity contribution >= 4 is 19.8 Å². The van der Waals surface area contributed by atoms with E-state index in [0.29, 0.717) is 17.4 Å². The molecule has 0 aromatic carbocycles. The van der Waals surface area contributed by atoms with Crippen molar-refractivity contribution in [2.75, 3.05) is 47.5 Å². The van der Waals surface area contributed by atoms with Crippen molar-refractivity contribution in [3.05, 3.63) is 37.0 Å². The smallest absolute Gasteiger partial charge is 0.306 e. The molecule has 2 atom stereocenters. The van der Waals surface area contributed by atoms with Crippen LogP contribution in [0.3, 0.4) is 0 Å². The number of hydrogen-bond donors (Lipinski definition) is 0. The first-order valence-corrected chi connectivity index (χ1v) is 24.1. The second-order valence-electron chi connectivity index (χ2n) is 16.5. The fourth-order valence-corrected chi connectivity index (χ4v) is 6.93. The molecule has 0 aliphatic rings. The van der Waals surface area contributed by atoms with Gasteiger partial charge in [0, 0.05) is 12.8 Å². The Bertz CT molecular complexity index is 1040. The van der Waals surface area contributed by atoms with Crippen LogP contribution in [0.4, 0.5) is 0 Å². The zero-order valence-corrected chi connectivity index (χ0v) is 37.6. The first-order valence-electron chi connectivity index (χ1n) is 22.7. The van der Waals surface area contributed by atoms with Gasteiger partial charge in [-0.05, 0) is 51.4 Å². The normalized spacial score (nSPS) is 13.7. The minimum absolute atomic E-state index is 0.0384. The SMILES string of the molecule is C=CCCCCCCCCCCCCCCCC(=O)OC[C@H](COP(=O)([O-])OCC[N+](C)(C)C)OC(=O)CCC/C=C/C/C=C/CCCCCCCCCCC. The Balaban J connectivity index is 4.38. The average molecular weight is 812 g/mol. The van der Waals surface area contributed by atoms with E-state index in [1.165, 1.54) is 122 Å². The van der Waals surface area contributed by atoms with Gasteiger partial charge in [0.05, 0.1) is 27.7 Å². The summed E-state index contributed by atoms with van der Waals surface area (Å²) >= 11 is 0. The van der Waals surface area contributed by atoms with Crippen LogP contribution in [0.15, 0.2) is 37.0 Å². The van der Waals surface area contributed by atoms with Crippen molar-refractivity contribution in [3.8, 4) is 0 Å². The molecule has 0 aromatic rings. The lowest BCUT2D eigenvalue weighted by Crippen LogP contribution is -2.37. The van der Waals surface area contributed by atoms with E-state index in [0.717, 1.165) is 44.9 Å². The Morgan fingerprint density at radius 3 is 1.59 bits per heavy atom. The number of likely N-dealkylation sites (N-methyl/N-ethyl adjacent to an activating group) is 1. The molecule has 0 rings (SSSR count). The minimum atomic E-state index is -4.63. The maximum Gasteiger partial charge on any atom is 0.306 e. The molecule has 0 fully saturated rings. The number of nitrogens with zero attached hydrogens (tertiary/aromatic N) is 1. The van der Waals surface area contributed by atoms with Crippen LogP contribution in [0.5, 0.6) is 0 Å². The van der Waals surface area contributed by atoms with Crippen LogP contribution in [0.2, 0.25) is 0 Å². The van der Waals surface area contributed by atoms with Gasteiger partial charge in [0.15, 0.2) is 6.10 Å². The first kappa shape index (κ1) is 54.2. The Morgan fingerprint density at radius 2 is 1.07 bits per heavy atom. The monoisotopic (exact) mass is 812 g/mol. The van der Waals surface area contributed by atoms with Crippen molar-refractivity contribution < 1.29 is 42.1 Å². The Kier molecular flexibility index (Phi) is 37.5. The molecule has 10 heteroatoms. The molecule has 0 aliphatic carbocycles. The molecule has 0 saturated carbocycles. The molecule has 56 heavy (non-hydrogen) atoms. The highest BCUT2D eigenvalue weighted by Crippen LogP contribution is 2.38. The molecule has 1 unspecified atom stereocenters. The van der Waals surface area contributed by atoms with Crippen LogP contribution >= 0.6 is 7.82 Å². The third-order valence-corrected chi connectivity index (χ3v) is 10.7. The molecule has 0 radical (unpaired) electrons. The lowest BCUT2D eigenvalue weighted by Gasteiger charge is -2.28. The van der Waals surface area contributed by atoms with Crippen LogP contribution in [0.1, 0.15) is 193 Å². The fourth-order valence-electron chi connectivity index (χ4n) is 6.20. The quantitative estimate of drug-likeness (QED) is 0.0197. The molecule has 0 bridgehead atoms. The molecule has 9 nitrogen and oxygen atoms in total.